The lowest BCUT2D eigenvalue weighted by Crippen LogP contribution is -2.20. The van der Waals surface area contributed by atoms with Gasteiger partial charge in [0, 0.05) is 6.07 Å². The van der Waals surface area contributed by atoms with Crippen molar-refractivity contribution in [1.82, 2.24) is 5.16 Å². The van der Waals surface area contributed by atoms with Gasteiger partial charge in [0.2, 0.25) is 0 Å². The number of aliphatic hydroxyl groups excluding tert-OH is 1. The minimum absolute atomic E-state index is 0.530. The van der Waals surface area contributed by atoms with E-state index in [1.807, 2.05) is 0 Å². The summed E-state index contributed by atoms with van der Waals surface area (Å²) < 4.78 is 39.2. The lowest BCUT2D eigenvalue weighted by atomic mass is 10.2. The van der Waals surface area contributed by atoms with Crippen molar-refractivity contribution in [3.63, 3.8) is 0 Å². The first-order chi connectivity index (χ1) is 5.02. The van der Waals surface area contributed by atoms with Crippen molar-refractivity contribution in [2.45, 2.75) is 12.3 Å². The van der Waals surface area contributed by atoms with Crippen LogP contribution in [0.4, 0.5) is 13.2 Å². The third-order valence-corrected chi connectivity index (χ3v) is 1.05. The SMILES string of the molecule is O[C@H](c1ccon1)C(F)(F)F. The Morgan fingerprint density at radius 2 is 2.18 bits per heavy atom. The Morgan fingerprint density at radius 1 is 1.55 bits per heavy atom. The average Bonchev–Trinajstić information content (AvgIpc) is 2.34. The van der Waals surface area contributed by atoms with Gasteiger partial charge < -0.3 is 9.63 Å². The first-order valence-electron chi connectivity index (χ1n) is 2.67. The van der Waals surface area contributed by atoms with Crippen LogP contribution in [0.1, 0.15) is 11.8 Å². The van der Waals surface area contributed by atoms with Gasteiger partial charge in [0.25, 0.3) is 0 Å². The van der Waals surface area contributed by atoms with Gasteiger partial charge in [0.15, 0.2) is 6.10 Å². The van der Waals surface area contributed by atoms with Gasteiger partial charge in [-0.25, -0.2) is 0 Å². The van der Waals surface area contributed by atoms with E-state index in [1.165, 1.54) is 0 Å². The molecule has 0 aromatic carbocycles. The first kappa shape index (κ1) is 8.06. The van der Waals surface area contributed by atoms with Crippen molar-refractivity contribution in [2.24, 2.45) is 0 Å². The minimum Gasteiger partial charge on any atom is -0.378 e. The molecule has 3 nitrogen and oxygen atoms in total. The fraction of sp³-hybridized carbons (Fsp3) is 0.400. The second kappa shape index (κ2) is 2.54. The quantitative estimate of drug-likeness (QED) is 0.685. The van der Waals surface area contributed by atoms with Crippen molar-refractivity contribution < 1.29 is 22.8 Å². The van der Waals surface area contributed by atoms with Crippen LogP contribution in [0, 0.1) is 0 Å². The van der Waals surface area contributed by atoms with Gasteiger partial charge in [-0.05, 0) is 0 Å². The Balaban J connectivity index is 2.78. The third kappa shape index (κ3) is 1.70. The van der Waals surface area contributed by atoms with Crippen molar-refractivity contribution in [1.29, 1.82) is 0 Å². The van der Waals surface area contributed by atoms with Crippen LogP contribution in [-0.4, -0.2) is 16.4 Å². The van der Waals surface area contributed by atoms with Crippen LogP contribution >= 0.6 is 0 Å². The monoisotopic (exact) mass is 167 g/mol. The van der Waals surface area contributed by atoms with E-state index in [0.717, 1.165) is 12.3 Å². The summed E-state index contributed by atoms with van der Waals surface area (Å²) in [6.45, 7) is 0. The number of nitrogens with zero attached hydrogens (tertiary/aromatic N) is 1. The predicted octanol–water partition coefficient (Wildman–Crippen LogP) is 1.27. The second-order valence-electron chi connectivity index (χ2n) is 1.87. The van der Waals surface area contributed by atoms with Crippen LogP contribution in [0.5, 0.6) is 0 Å². The van der Waals surface area contributed by atoms with E-state index >= 15 is 0 Å². The molecule has 1 atom stereocenters. The van der Waals surface area contributed by atoms with E-state index < -0.39 is 18.0 Å². The van der Waals surface area contributed by atoms with Crippen molar-refractivity contribution >= 4 is 0 Å². The maximum Gasteiger partial charge on any atom is 0.420 e. The molecular weight excluding hydrogens is 163 g/mol. The molecule has 11 heavy (non-hydrogen) atoms. The molecule has 0 aliphatic carbocycles. The highest BCUT2D eigenvalue weighted by Gasteiger charge is 2.40. The molecule has 62 valence electrons. The predicted molar refractivity (Wildman–Crippen MR) is 27.5 cm³/mol. The Kier molecular flexibility index (Phi) is 1.86. The summed E-state index contributed by atoms with van der Waals surface area (Å²) in [5.74, 6) is 0. The fourth-order valence-corrected chi connectivity index (χ4v) is 0.531. The number of hydrogen-bond donors (Lipinski definition) is 1. The first-order valence-corrected chi connectivity index (χ1v) is 2.67. The summed E-state index contributed by atoms with van der Waals surface area (Å²) >= 11 is 0. The molecular formula is C5H4F3NO2. The molecule has 0 radical (unpaired) electrons. The lowest BCUT2D eigenvalue weighted by Gasteiger charge is -2.10. The Hall–Kier alpha value is -1.04. The zero-order valence-corrected chi connectivity index (χ0v) is 5.17. The molecule has 6 heteroatoms. The maximum absolute atomic E-state index is 11.7. The summed E-state index contributed by atoms with van der Waals surface area (Å²) in [7, 11) is 0. The van der Waals surface area contributed by atoms with E-state index in [4.69, 9.17) is 5.11 Å². The molecule has 0 saturated carbocycles. The smallest absolute Gasteiger partial charge is 0.378 e. The zero-order valence-electron chi connectivity index (χ0n) is 5.17. The molecule has 0 amide bonds. The highest BCUT2D eigenvalue weighted by Crippen LogP contribution is 2.30. The molecule has 0 aliphatic heterocycles. The zero-order chi connectivity index (χ0) is 8.48. The second-order valence-corrected chi connectivity index (χ2v) is 1.87. The highest BCUT2D eigenvalue weighted by atomic mass is 19.4. The van der Waals surface area contributed by atoms with Crippen LogP contribution in [0.2, 0.25) is 0 Å². The molecule has 1 heterocycles. The van der Waals surface area contributed by atoms with Crippen LogP contribution in [0.25, 0.3) is 0 Å². The fourth-order valence-electron chi connectivity index (χ4n) is 0.531. The van der Waals surface area contributed by atoms with Crippen LogP contribution in [-0.2, 0) is 0 Å². The molecule has 0 fully saturated rings. The van der Waals surface area contributed by atoms with E-state index in [0.29, 0.717) is 0 Å². The Bertz CT molecular complexity index is 218. The number of rotatable bonds is 1. The van der Waals surface area contributed by atoms with Gasteiger partial charge >= 0.3 is 6.18 Å². The average molecular weight is 167 g/mol. The number of aromatic nitrogens is 1. The van der Waals surface area contributed by atoms with Crippen molar-refractivity contribution in [3.8, 4) is 0 Å². The van der Waals surface area contributed by atoms with Crippen LogP contribution in [0.3, 0.4) is 0 Å². The number of aliphatic hydroxyl groups is 1. The summed E-state index contributed by atoms with van der Waals surface area (Å²) in [6, 6.07) is 0.957. The van der Waals surface area contributed by atoms with E-state index in [1.54, 1.807) is 0 Å². The summed E-state index contributed by atoms with van der Waals surface area (Å²) in [5.41, 5.74) is -0.530. The normalized spacial score (nSPS) is 14.9. The van der Waals surface area contributed by atoms with Gasteiger partial charge in [0.1, 0.15) is 12.0 Å². The molecule has 1 aromatic rings. The molecule has 0 unspecified atom stereocenters. The minimum atomic E-state index is -4.68. The van der Waals surface area contributed by atoms with Crippen LogP contribution in [0.15, 0.2) is 16.9 Å². The summed E-state index contributed by atoms with van der Waals surface area (Å²) in [5, 5.41) is 11.4. The van der Waals surface area contributed by atoms with Gasteiger partial charge in [-0.3, -0.25) is 0 Å². The Labute approximate surface area is 59.4 Å². The van der Waals surface area contributed by atoms with Gasteiger partial charge in [-0.15, -0.1) is 0 Å². The van der Waals surface area contributed by atoms with Crippen molar-refractivity contribution in [3.05, 3.63) is 18.0 Å². The molecule has 0 bridgehead atoms. The molecule has 1 aromatic heterocycles. The molecule has 0 aliphatic rings. The standard InChI is InChI=1S/C5H4F3NO2/c6-5(7,8)4(10)3-1-2-11-9-3/h1-2,4,10H/t4-/m1/s1. The number of hydrogen-bond acceptors (Lipinski definition) is 3. The largest absolute Gasteiger partial charge is 0.420 e. The summed E-state index contributed by atoms with van der Waals surface area (Å²) in [4.78, 5) is 0. The number of alkyl halides is 3. The van der Waals surface area contributed by atoms with Crippen LogP contribution < -0.4 is 0 Å². The Morgan fingerprint density at radius 3 is 2.55 bits per heavy atom. The van der Waals surface area contributed by atoms with Gasteiger partial charge in [-0.2, -0.15) is 13.2 Å². The number of halogens is 3. The maximum atomic E-state index is 11.7. The van der Waals surface area contributed by atoms with E-state index in [-0.39, 0.29) is 0 Å². The van der Waals surface area contributed by atoms with Crippen molar-refractivity contribution in [2.75, 3.05) is 0 Å². The van der Waals surface area contributed by atoms with E-state index in [9.17, 15) is 13.2 Å². The summed E-state index contributed by atoms with van der Waals surface area (Å²) in [6.07, 6.45) is -6.28. The molecule has 1 rings (SSSR count). The molecule has 0 spiro atoms. The third-order valence-electron chi connectivity index (χ3n) is 1.05. The molecule has 1 N–H and O–H groups in total. The highest BCUT2D eigenvalue weighted by molar-refractivity contribution is 5.01. The van der Waals surface area contributed by atoms with Gasteiger partial charge in [-0.1, -0.05) is 5.16 Å². The molecule has 0 saturated heterocycles. The lowest BCUT2D eigenvalue weighted by molar-refractivity contribution is -0.208. The van der Waals surface area contributed by atoms with E-state index in [2.05, 4.69) is 9.68 Å². The van der Waals surface area contributed by atoms with Gasteiger partial charge in [0.05, 0.1) is 0 Å². The topological polar surface area (TPSA) is 46.3 Å².